The molecule has 0 saturated carbocycles. The van der Waals surface area contributed by atoms with Crippen molar-refractivity contribution in [3.05, 3.63) is 78.5 Å². The summed E-state index contributed by atoms with van der Waals surface area (Å²) in [7, 11) is 0. The van der Waals surface area contributed by atoms with Gasteiger partial charge in [0.1, 0.15) is 11.5 Å². The Morgan fingerprint density at radius 2 is 1.84 bits per heavy atom. The van der Waals surface area contributed by atoms with E-state index in [0.29, 0.717) is 13.2 Å². The first kappa shape index (κ1) is 19.8. The molecule has 6 nitrogen and oxygen atoms in total. The second kappa shape index (κ2) is 8.55. The van der Waals surface area contributed by atoms with Crippen molar-refractivity contribution < 1.29 is 9.13 Å². The van der Waals surface area contributed by atoms with E-state index in [-0.39, 0.29) is 11.9 Å². The van der Waals surface area contributed by atoms with Gasteiger partial charge in [0.25, 0.3) is 0 Å². The van der Waals surface area contributed by atoms with Crippen molar-refractivity contribution in [3.63, 3.8) is 0 Å². The fraction of sp³-hybridized carbons (Fsp3) is 0.250. The minimum Gasteiger partial charge on any atom is -0.378 e. The first-order valence-electron chi connectivity index (χ1n) is 10.4. The molecule has 1 aromatic carbocycles. The molecule has 3 aromatic heterocycles. The van der Waals surface area contributed by atoms with Gasteiger partial charge in [0, 0.05) is 55.4 Å². The van der Waals surface area contributed by atoms with E-state index in [9.17, 15) is 4.39 Å². The second-order valence-corrected chi connectivity index (χ2v) is 7.77. The Morgan fingerprint density at radius 3 is 2.61 bits per heavy atom. The predicted octanol–water partition coefficient (Wildman–Crippen LogP) is 3.36. The quantitative estimate of drug-likeness (QED) is 0.539. The molecular formula is C24H24FN5O. The third-order valence-electron chi connectivity index (χ3n) is 5.78. The van der Waals surface area contributed by atoms with E-state index in [0.717, 1.165) is 53.2 Å². The second-order valence-electron chi connectivity index (χ2n) is 7.77. The van der Waals surface area contributed by atoms with Crippen LogP contribution < -0.4 is 5.73 Å². The molecule has 2 N–H and O–H groups in total. The van der Waals surface area contributed by atoms with Crippen LogP contribution in [0.4, 0.5) is 4.39 Å². The smallest absolute Gasteiger partial charge is 0.123 e. The normalized spacial score (nSPS) is 17.3. The first-order valence-corrected chi connectivity index (χ1v) is 10.4. The Bertz CT molecular complexity index is 1180. The van der Waals surface area contributed by atoms with Crippen molar-refractivity contribution in [3.8, 4) is 22.4 Å². The number of benzene rings is 1. The molecule has 0 amide bonds. The highest BCUT2D eigenvalue weighted by molar-refractivity contribution is 5.92. The lowest BCUT2D eigenvalue weighted by Gasteiger charge is -2.34. The lowest BCUT2D eigenvalue weighted by molar-refractivity contribution is -0.00798. The standard InChI is InChI=1S/C24H24FN5O/c25-20-4-2-19(3-5-20)24-23(18-7-9-27-10-8-18)22-6-1-17(15-30(22)28-24)14-29-11-12-31-16-21(29)13-26/h1-10,15,21H,11-14,16,26H2/t21-/m0/s1. The third kappa shape index (κ3) is 3.95. The highest BCUT2D eigenvalue weighted by Gasteiger charge is 2.22. The topological polar surface area (TPSA) is 68.7 Å². The van der Waals surface area contributed by atoms with Gasteiger partial charge in [-0.25, -0.2) is 8.91 Å². The van der Waals surface area contributed by atoms with E-state index >= 15 is 0 Å². The Hall–Kier alpha value is -3.13. The van der Waals surface area contributed by atoms with Crippen molar-refractivity contribution in [1.82, 2.24) is 19.5 Å². The zero-order valence-electron chi connectivity index (χ0n) is 17.1. The number of fused-ring (bicyclic) bond motifs is 1. The molecule has 1 fully saturated rings. The number of ether oxygens (including phenoxy) is 1. The van der Waals surface area contributed by atoms with Gasteiger partial charge in [0.2, 0.25) is 0 Å². The molecular weight excluding hydrogens is 393 g/mol. The molecule has 0 unspecified atom stereocenters. The highest BCUT2D eigenvalue weighted by atomic mass is 19.1. The number of halogens is 1. The lowest BCUT2D eigenvalue weighted by Crippen LogP contribution is -2.48. The Labute approximate surface area is 180 Å². The van der Waals surface area contributed by atoms with E-state index in [1.165, 1.54) is 12.1 Å². The number of morpholine rings is 1. The SMILES string of the molecule is NC[C@H]1COCCN1Cc1ccc2c(-c3ccncc3)c(-c3ccc(F)cc3)nn2c1. The summed E-state index contributed by atoms with van der Waals surface area (Å²) in [5.74, 6) is -0.264. The Morgan fingerprint density at radius 1 is 1.03 bits per heavy atom. The Kier molecular flexibility index (Phi) is 5.46. The maximum atomic E-state index is 13.5. The molecule has 1 aliphatic heterocycles. The van der Waals surface area contributed by atoms with Gasteiger partial charge in [-0.05, 0) is 53.6 Å². The minimum atomic E-state index is -0.264. The number of rotatable bonds is 5. The maximum Gasteiger partial charge on any atom is 0.123 e. The number of hydrogen-bond donors (Lipinski definition) is 1. The van der Waals surface area contributed by atoms with Crippen LogP contribution in [0.5, 0.6) is 0 Å². The average molecular weight is 417 g/mol. The van der Waals surface area contributed by atoms with Crippen LogP contribution in [0.3, 0.4) is 0 Å². The van der Waals surface area contributed by atoms with Crippen LogP contribution in [-0.4, -0.2) is 51.8 Å². The van der Waals surface area contributed by atoms with Crippen LogP contribution in [0.15, 0.2) is 67.1 Å². The molecule has 1 saturated heterocycles. The fourth-order valence-corrected chi connectivity index (χ4v) is 4.15. The minimum absolute atomic E-state index is 0.226. The summed E-state index contributed by atoms with van der Waals surface area (Å²) in [5.41, 5.74) is 11.8. The first-order chi connectivity index (χ1) is 15.2. The van der Waals surface area contributed by atoms with Crippen molar-refractivity contribution in [2.45, 2.75) is 12.6 Å². The molecule has 0 bridgehead atoms. The van der Waals surface area contributed by atoms with Gasteiger partial charge in [-0.15, -0.1) is 0 Å². The monoisotopic (exact) mass is 417 g/mol. The molecule has 0 radical (unpaired) electrons. The predicted molar refractivity (Wildman–Crippen MR) is 118 cm³/mol. The van der Waals surface area contributed by atoms with Crippen molar-refractivity contribution in [2.24, 2.45) is 5.73 Å². The number of nitrogens with zero attached hydrogens (tertiary/aromatic N) is 4. The van der Waals surface area contributed by atoms with E-state index in [1.807, 2.05) is 16.6 Å². The summed E-state index contributed by atoms with van der Waals surface area (Å²) >= 11 is 0. The van der Waals surface area contributed by atoms with Gasteiger partial charge in [-0.1, -0.05) is 6.07 Å². The Balaban J connectivity index is 1.58. The number of aromatic nitrogens is 3. The summed E-state index contributed by atoms with van der Waals surface area (Å²) in [6, 6.07) is 14.9. The van der Waals surface area contributed by atoms with Gasteiger partial charge in [0.05, 0.1) is 18.7 Å². The maximum absolute atomic E-state index is 13.5. The molecule has 0 aliphatic carbocycles. The molecule has 1 aliphatic rings. The third-order valence-corrected chi connectivity index (χ3v) is 5.78. The van der Waals surface area contributed by atoms with E-state index < -0.39 is 0 Å². The summed E-state index contributed by atoms with van der Waals surface area (Å²) in [6.45, 7) is 3.62. The van der Waals surface area contributed by atoms with Crippen LogP contribution in [0.1, 0.15) is 5.56 Å². The van der Waals surface area contributed by atoms with Gasteiger partial charge in [-0.3, -0.25) is 9.88 Å². The van der Waals surface area contributed by atoms with Crippen LogP contribution >= 0.6 is 0 Å². The summed E-state index contributed by atoms with van der Waals surface area (Å²) < 4.78 is 21.0. The molecule has 7 heteroatoms. The number of nitrogens with two attached hydrogens (primary N) is 1. The number of hydrogen-bond acceptors (Lipinski definition) is 5. The largest absolute Gasteiger partial charge is 0.378 e. The van der Waals surface area contributed by atoms with Gasteiger partial charge in [0.15, 0.2) is 0 Å². The average Bonchev–Trinajstić information content (AvgIpc) is 3.19. The van der Waals surface area contributed by atoms with E-state index in [2.05, 4.69) is 28.2 Å². The van der Waals surface area contributed by atoms with Crippen LogP contribution in [0.2, 0.25) is 0 Å². The molecule has 5 rings (SSSR count). The van der Waals surface area contributed by atoms with Gasteiger partial charge >= 0.3 is 0 Å². The fourth-order valence-electron chi connectivity index (χ4n) is 4.15. The van der Waals surface area contributed by atoms with Crippen molar-refractivity contribution in [1.29, 1.82) is 0 Å². The van der Waals surface area contributed by atoms with Gasteiger partial charge in [-0.2, -0.15) is 5.10 Å². The van der Waals surface area contributed by atoms with Crippen LogP contribution in [-0.2, 0) is 11.3 Å². The summed E-state index contributed by atoms with van der Waals surface area (Å²) in [4.78, 5) is 6.50. The van der Waals surface area contributed by atoms with Crippen molar-refractivity contribution >= 4 is 5.52 Å². The van der Waals surface area contributed by atoms with Crippen LogP contribution in [0.25, 0.3) is 27.9 Å². The summed E-state index contributed by atoms with van der Waals surface area (Å²) in [6.07, 6.45) is 5.61. The summed E-state index contributed by atoms with van der Waals surface area (Å²) in [5, 5.41) is 4.89. The van der Waals surface area contributed by atoms with Crippen LogP contribution in [0, 0.1) is 5.82 Å². The highest BCUT2D eigenvalue weighted by Crippen LogP contribution is 2.35. The molecule has 158 valence electrons. The molecule has 4 aromatic rings. The van der Waals surface area contributed by atoms with Crippen molar-refractivity contribution in [2.75, 3.05) is 26.3 Å². The molecule has 0 spiro atoms. The van der Waals surface area contributed by atoms with Gasteiger partial charge < -0.3 is 10.5 Å². The molecule has 4 heterocycles. The molecule has 1 atom stereocenters. The number of pyridine rings is 2. The lowest BCUT2D eigenvalue weighted by atomic mass is 10.0. The molecule has 31 heavy (non-hydrogen) atoms. The van der Waals surface area contributed by atoms with E-state index in [1.54, 1.807) is 24.5 Å². The zero-order valence-corrected chi connectivity index (χ0v) is 17.1. The zero-order chi connectivity index (χ0) is 21.2. The van der Waals surface area contributed by atoms with E-state index in [4.69, 9.17) is 15.6 Å².